The highest BCUT2D eigenvalue weighted by atomic mass is 19.1. The topological polar surface area (TPSA) is 70.9 Å². The first kappa shape index (κ1) is 20.2. The van der Waals surface area contributed by atoms with Crippen LogP contribution < -0.4 is 0 Å². The Morgan fingerprint density at radius 2 is 2.10 bits per heavy atom. The molecule has 1 heterocycles. The molecule has 2 aliphatic carbocycles. The van der Waals surface area contributed by atoms with Crippen molar-refractivity contribution in [2.45, 2.75) is 51.2 Å². The number of aromatic nitrogens is 3. The van der Waals surface area contributed by atoms with Crippen molar-refractivity contribution < 1.29 is 14.3 Å². The number of rotatable bonds is 5. The molecule has 30 heavy (non-hydrogen) atoms. The molecule has 0 bridgehead atoms. The minimum absolute atomic E-state index is 0.181. The number of aromatic amines is 1. The SMILES string of the molecule is O=C(O)C1CCC(Cn2nc(-c3cccc(C#CCC4=CC[C@H](F)C=C4)c3)[nH]2)CC1. The number of hydrogen-bond acceptors (Lipinski definition) is 2. The van der Waals surface area contributed by atoms with Gasteiger partial charge in [0.25, 0.3) is 0 Å². The molecule has 6 heteroatoms. The molecule has 1 aromatic carbocycles. The van der Waals surface area contributed by atoms with Gasteiger partial charge in [0.15, 0.2) is 5.82 Å². The molecule has 2 aliphatic rings. The summed E-state index contributed by atoms with van der Waals surface area (Å²) in [7, 11) is 0. The van der Waals surface area contributed by atoms with E-state index in [1.54, 1.807) is 6.08 Å². The molecule has 0 radical (unpaired) electrons. The van der Waals surface area contributed by atoms with Gasteiger partial charge >= 0.3 is 5.97 Å². The van der Waals surface area contributed by atoms with Crippen molar-refractivity contribution in [1.82, 2.24) is 15.0 Å². The number of allylic oxidation sites excluding steroid dienone is 4. The summed E-state index contributed by atoms with van der Waals surface area (Å²) in [4.78, 5) is 12.9. The molecule has 4 rings (SSSR count). The van der Waals surface area contributed by atoms with Crippen LogP contribution in [0.25, 0.3) is 11.4 Å². The van der Waals surface area contributed by atoms with Crippen molar-refractivity contribution in [2.75, 3.05) is 0 Å². The molecule has 0 spiro atoms. The Morgan fingerprint density at radius 1 is 1.30 bits per heavy atom. The van der Waals surface area contributed by atoms with Crippen LogP contribution in [-0.4, -0.2) is 32.2 Å². The van der Waals surface area contributed by atoms with Gasteiger partial charge < -0.3 is 5.11 Å². The third-order valence-electron chi connectivity index (χ3n) is 5.87. The van der Waals surface area contributed by atoms with E-state index in [1.165, 1.54) is 0 Å². The fraction of sp³-hybridized carbons (Fsp3) is 0.417. The largest absolute Gasteiger partial charge is 0.481 e. The number of carbonyl (C=O) groups is 1. The average Bonchev–Trinajstić information content (AvgIpc) is 2.72. The van der Waals surface area contributed by atoms with Crippen molar-refractivity contribution in [1.29, 1.82) is 0 Å². The van der Waals surface area contributed by atoms with E-state index in [0.29, 0.717) is 18.8 Å². The summed E-state index contributed by atoms with van der Waals surface area (Å²) in [5, 5.41) is 16.9. The Balaban J connectivity index is 1.31. The van der Waals surface area contributed by atoms with E-state index < -0.39 is 12.1 Å². The summed E-state index contributed by atoms with van der Waals surface area (Å²) in [6.07, 6.45) is 8.87. The molecule has 1 aromatic heterocycles. The Hall–Kier alpha value is -3.07. The smallest absolute Gasteiger partial charge is 0.306 e. The molecule has 0 saturated heterocycles. The number of carboxylic acid groups (broad SMARTS) is 1. The summed E-state index contributed by atoms with van der Waals surface area (Å²) >= 11 is 0. The normalized spacial score (nSPS) is 23.5. The molecule has 1 saturated carbocycles. The standard InChI is InChI=1S/C24H26FN3O2/c25-22-13-9-17(10-14-22)3-1-4-18-5-2-6-21(15-18)23-26-28(27-23)16-19-7-11-20(12-8-19)24(29)30/h2,5-6,9-10,13,15,19-20,22H,3,7-8,11-12,14,16H2,(H,26,27)(H,29,30)/t19?,20?,22-/m1/s1. The molecule has 1 atom stereocenters. The number of benzene rings is 1. The molecule has 2 N–H and O–H groups in total. The van der Waals surface area contributed by atoms with Gasteiger partial charge in [-0.05, 0) is 49.3 Å². The van der Waals surface area contributed by atoms with Crippen molar-refractivity contribution in [3.05, 3.63) is 53.6 Å². The van der Waals surface area contributed by atoms with Crippen LogP contribution in [0.5, 0.6) is 0 Å². The number of aliphatic carboxylic acids is 1. The van der Waals surface area contributed by atoms with Crippen LogP contribution in [0.1, 0.15) is 44.1 Å². The van der Waals surface area contributed by atoms with Crippen LogP contribution in [0.3, 0.4) is 0 Å². The number of halogens is 1. The second-order valence-electron chi connectivity index (χ2n) is 8.15. The van der Waals surface area contributed by atoms with Gasteiger partial charge in [-0.2, -0.15) is 0 Å². The Bertz CT molecular complexity index is 1000. The third kappa shape index (κ3) is 5.10. The van der Waals surface area contributed by atoms with Gasteiger partial charge in [0.1, 0.15) is 6.17 Å². The summed E-state index contributed by atoms with van der Waals surface area (Å²) in [5.41, 5.74) is 2.97. The lowest BCUT2D eigenvalue weighted by Crippen LogP contribution is -2.27. The van der Waals surface area contributed by atoms with E-state index in [9.17, 15) is 9.18 Å². The molecule has 0 aliphatic heterocycles. The Labute approximate surface area is 175 Å². The molecule has 156 valence electrons. The number of H-pyrrole nitrogens is 1. The summed E-state index contributed by atoms with van der Waals surface area (Å²) in [5.74, 6) is 6.79. The zero-order chi connectivity index (χ0) is 20.9. The third-order valence-corrected chi connectivity index (χ3v) is 5.87. The predicted molar refractivity (Wildman–Crippen MR) is 113 cm³/mol. The van der Waals surface area contributed by atoms with E-state index in [-0.39, 0.29) is 5.92 Å². The maximum absolute atomic E-state index is 13.1. The van der Waals surface area contributed by atoms with E-state index in [0.717, 1.165) is 54.8 Å². The number of carboxylic acids is 1. The second kappa shape index (κ2) is 9.17. The maximum atomic E-state index is 13.1. The number of alkyl halides is 1. The first-order chi connectivity index (χ1) is 14.6. The molecule has 2 aromatic rings. The fourth-order valence-corrected chi connectivity index (χ4v) is 4.05. The van der Waals surface area contributed by atoms with Gasteiger partial charge in [-0.25, -0.2) is 9.19 Å². The lowest BCUT2D eigenvalue weighted by Gasteiger charge is -2.27. The van der Waals surface area contributed by atoms with Gasteiger partial charge in [0, 0.05) is 24.0 Å². The minimum Gasteiger partial charge on any atom is -0.481 e. The highest BCUT2D eigenvalue weighted by Gasteiger charge is 2.26. The van der Waals surface area contributed by atoms with E-state index in [1.807, 2.05) is 41.2 Å². The zero-order valence-corrected chi connectivity index (χ0v) is 16.9. The number of hydrogen-bond donors (Lipinski definition) is 2. The first-order valence-electron chi connectivity index (χ1n) is 10.5. The average molecular weight is 407 g/mol. The molecular weight excluding hydrogens is 381 g/mol. The quantitative estimate of drug-likeness (QED) is 0.704. The summed E-state index contributed by atoms with van der Waals surface area (Å²) in [6, 6.07) is 7.95. The van der Waals surface area contributed by atoms with Crippen LogP contribution in [0.15, 0.2) is 48.1 Å². The predicted octanol–water partition coefficient (Wildman–Crippen LogP) is 4.74. The second-order valence-corrected chi connectivity index (χ2v) is 8.15. The lowest BCUT2D eigenvalue weighted by atomic mass is 9.82. The Morgan fingerprint density at radius 3 is 2.80 bits per heavy atom. The highest BCUT2D eigenvalue weighted by Crippen LogP contribution is 2.30. The van der Waals surface area contributed by atoms with E-state index in [4.69, 9.17) is 5.11 Å². The van der Waals surface area contributed by atoms with Crippen LogP contribution in [0.4, 0.5) is 4.39 Å². The monoisotopic (exact) mass is 407 g/mol. The van der Waals surface area contributed by atoms with Crippen molar-refractivity contribution in [3.63, 3.8) is 0 Å². The van der Waals surface area contributed by atoms with Gasteiger partial charge in [-0.1, -0.05) is 42.2 Å². The molecule has 1 fully saturated rings. The van der Waals surface area contributed by atoms with Crippen LogP contribution >= 0.6 is 0 Å². The van der Waals surface area contributed by atoms with Crippen molar-refractivity contribution in [2.24, 2.45) is 11.8 Å². The lowest BCUT2D eigenvalue weighted by molar-refractivity contribution is -0.143. The van der Waals surface area contributed by atoms with E-state index in [2.05, 4.69) is 22.0 Å². The number of nitrogens with zero attached hydrogens (tertiary/aromatic N) is 2. The molecular formula is C24H26FN3O2. The van der Waals surface area contributed by atoms with Crippen LogP contribution in [0, 0.1) is 23.7 Å². The molecule has 5 nitrogen and oxygen atoms in total. The van der Waals surface area contributed by atoms with Crippen LogP contribution in [-0.2, 0) is 11.3 Å². The summed E-state index contributed by atoms with van der Waals surface area (Å²) in [6.45, 7) is 0.803. The van der Waals surface area contributed by atoms with E-state index >= 15 is 0 Å². The van der Waals surface area contributed by atoms with Gasteiger partial charge in [-0.15, -0.1) is 5.10 Å². The summed E-state index contributed by atoms with van der Waals surface area (Å²) < 4.78 is 13.1. The Kier molecular flexibility index (Phi) is 6.18. The van der Waals surface area contributed by atoms with Gasteiger partial charge in [0.2, 0.25) is 0 Å². The first-order valence-corrected chi connectivity index (χ1v) is 10.5. The van der Waals surface area contributed by atoms with Gasteiger partial charge in [0.05, 0.1) is 12.5 Å². The zero-order valence-electron chi connectivity index (χ0n) is 16.9. The molecule has 0 amide bonds. The van der Waals surface area contributed by atoms with Crippen LogP contribution in [0.2, 0.25) is 0 Å². The minimum atomic E-state index is -0.867. The number of nitrogens with one attached hydrogen (secondary N) is 1. The highest BCUT2D eigenvalue weighted by molar-refractivity contribution is 5.70. The maximum Gasteiger partial charge on any atom is 0.306 e. The van der Waals surface area contributed by atoms with Crippen molar-refractivity contribution >= 4 is 5.97 Å². The van der Waals surface area contributed by atoms with Crippen molar-refractivity contribution in [3.8, 4) is 23.2 Å². The van der Waals surface area contributed by atoms with Gasteiger partial charge in [-0.3, -0.25) is 9.89 Å². The fourth-order valence-electron chi connectivity index (χ4n) is 4.05. The molecule has 0 unspecified atom stereocenters.